The molecule has 0 unspecified atom stereocenters. The van der Waals surface area contributed by atoms with Crippen LogP contribution in [0.15, 0.2) is 47.8 Å². The van der Waals surface area contributed by atoms with Gasteiger partial charge in [-0.1, -0.05) is 47.7 Å². The third kappa shape index (κ3) is 5.47. The van der Waals surface area contributed by atoms with Gasteiger partial charge in [-0.05, 0) is 29.9 Å². The van der Waals surface area contributed by atoms with Crippen LogP contribution in [0.1, 0.15) is 33.1 Å². The second-order valence-corrected chi connectivity index (χ2v) is 10.0. The molecule has 0 spiro atoms. The molecular formula is C21H22N4O2S3. The first-order chi connectivity index (χ1) is 14.7. The minimum atomic E-state index is -0.0998. The highest BCUT2D eigenvalue weighted by Gasteiger charge is 2.28. The van der Waals surface area contributed by atoms with Gasteiger partial charge in [0.15, 0.2) is 0 Å². The maximum absolute atomic E-state index is 12.6. The summed E-state index contributed by atoms with van der Waals surface area (Å²) in [5.41, 5.74) is 1.28. The van der Waals surface area contributed by atoms with Crippen LogP contribution < -0.4 is 5.32 Å². The summed E-state index contributed by atoms with van der Waals surface area (Å²) in [6.45, 7) is 1.21. The van der Waals surface area contributed by atoms with Crippen LogP contribution in [0.4, 0.5) is 5.13 Å². The average molecular weight is 459 g/mol. The summed E-state index contributed by atoms with van der Waals surface area (Å²) < 4.78 is 0. The lowest BCUT2D eigenvalue weighted by atomic mass is 9.96. The average Bonchev–Trinajstić information content (AvgIpc) is 3.47. The number of thioether (sulfide) groups is 1. The van der Waals surface area contributed by atoms with Gasteiger partial charge in [0.05, 0.1) is 4.88 Å². The molecule has 9 heteroatoms. The van der Waals surface area contributed by atoms with Crippen LogP contribution in [-0.4, -0.2) is 40.0 Å². The van der Waals surface area contributed by atoms with E-state index < -0.39 is 0 Å². The molecule has 0 aliphatic carbocycles. The summed E-state index contributed by atoms with van der Waals surface area (Å²) in [4.78, 5) is 27.6. The monoisotopic (exact) mass is 458 g/mol. The van der Waals surface area contributed by atoms with Gasteiger partial charge in [0.2, 0.25) is 11.0 Å². The Morgan fingerprint density at radius 2 is 1.87 bits per heavy atom. The molecule has 1 saturated heterocycles. The van der Waals surface area contributed by atoms with Crippen molar-refractivity contribution in [1.82, 2.24) is 15.1 Å². The molecule has 0 atom stereocenters. The molecule has 0 radical (unpaired) electrons. The maximum atomic E-state index is 12.6. The number of piperidine rings is 1. The van der Waals surface area contributed by atoms with E-state index in [1.54, 1.807) is 11.8 Å². The summed E-state index contributed by atoms with van der Waals surface area (Å²) in [6.07, 6.45) is 1.34. The van der Waals surface area contributed by atoms with Crippen LogP contribution in [0.3, 0.4) is 0 Å². The van der Waals surface area contributed by atoms with Crippen LogP contribution in [-0.2, 0) is 16.3 Å². The minimum absolute atomic E-state index is 0.0298. The number of rotatable bonds is 7. The van der Waals surface area contributed by atoms with Gasteiger partial charge in [-0.25, -0.2) is 0 Å². The van der Waals surface area contributed by atoms with Crippen molar-refractivity contribution in [1.29, 1.82) is 0 Å². The molecule has 2 amide bonds. The zero-order valence-corrected chi connectivity index (χ0v) is 18.8. The van der Waals surface area contributed by atoms with Crippen LogP contribution in [0.2, 0.25) is 0 Å². The molecule has 6 nitrogen and oxygen atoms in total. The summed E-state index contributed by atoms with van der Waals surface area (Å²) in [5, 5.41) is 14.6. The topological polar surface area (TPSA) is 75.2 Å². The molecule has 1 aliphatic rings. The van der Waals surface area contributed by atoms with Crippen molar-refractivity contribution in [2.24, 2.45) is 5.92 Å². The van der Waals surface area contributed by atoms with Crippen molar-refractivity contribution in [3.05, 3.63) is 63.3 Å². The van der Waals surface area contributed by atoms with E-state index in [0.29, 0.717) is 31.1 Å². The normalized spacial score (nSPS) is 14.6. The largest absolute Gasteiger partial charge is 0.338 e. The molecule has 1 aromatic carbocycles. The van der Waals surface area contributed by atoms with Gasteiger partial charge in [-0.2, -0.15) is 0 Å². The second kappa shape index (κ2) is 10.2. The van der Waals surface area contributed by atoms with Gasteiger partial charge in [-0.3, -0.25) is 9.59 Å². The van der Waals surface area contributed by atoms with E-state index in [4.69, 9.17) is 0 Å². The number of hydrogen-bond donors (Lipinski definition) is 1. The Morgan fingerprint density at radius 1 is 1.07 bits per heavy atom. The molecule has 0 saturated carbocycles. The first-order valence-corrected chi connectivity index (χ1v) is 12.6. The van der Waals surface area contributed by atoms with E-state index in [9.17, 15) is 9.59 Å². The number of benzene rings is 1. The summed E-state index contributed by atoms with van der Waals surface area (Å²) in [6, 6.07) is 14.0. The Kier molecular flexibility index (Phi) is 7.14. The van der Waals surface area contributed by atoms with E-state index >= 15 is 0 Å². The number of nitrogens with zero attached hydrogens (tertiary/aromatic N) is 3. The lowest BCUT2D eigenvalue weighted by molar-refractivity contribution is -0.121. The predicted molar refractivity (Wildman–Crippen MR) is 123 cm³/mol. The number of carbonyl (C=O) groups is 2. The van der Waals surface area contributed by atoms with Crippen molar-refractivity contribution in [2.75, 3.05) is 18.4 Å². The van der Waals surface area contributed by atoms with Crippen molar-refractivity contribution in [3.8, 4) is 0 Å². The first kappa shape index (κ1) is 21.0. The number of amides is 2. The fourth-order valence-electron chi connectivity index (χ4n) is 3.30. The Labute approximate surface area is 187 Å². The molecule has 4 rings (SSSR count). The second-order valence-electron chi connectivity index (χ2n) is 7.01. The number of hydrogen-bond acceptors (Lipinski definition) is 7. The van der Waals surface area contributed by atoms with Gasteiger partial charge < -0.3 is 10.2 Å². The van der Waals surface area contributed by atoms with Crippen molar-refractivity contribution in [3.63, 3.8) is 0 Å². The standard InChI is InChI=1S/C21H22N4O2S3/c26-19(16-8-10-25(11-9-16)20(27)17-7-4-12-29-17)22-21-24-23-18(30-21)14-28-13-15-5-2-1-3-6-15/h1-7,12,16H,8-11,13-14H2,(H,22,24,26). The van der Waals surface area contributed by atoms with Crippen LogP contribution >= 0.6 is 34.4 Å². The van der Waals surface area contributed by atoms with Crippen LogP contribution in [0, 0.1) is 5.92 Å². The number of likely N-dealkylation sites (tertiary alicyclic amines) is 1. The SMILES string of the molecule is O=C(Nc1nnc(CSCc2ccccc2)s1)C1CCN(C(=O)c2cccs2)CC1. The Morgan fingerprint density at radius 3 is 2.60 bits per heavy atom. The van der Waals surface area contributed by atoms with Crippen molar-refractivity contribution in [2.45, 2.75) is 24.3 Å². The third-order valence-electron chi connectivity index (χ3n) is 4.92. The number of nitrogens with one attached hydrogen (secondary N) is 1. The van der Waals surface area contributed by atoms with Gasteiger partial charge in [0.25, 0.3) is 5.91 Å². The highest BCUT2D eigenvalue weighted by atomic mass is 32.2. The van der Waals surface area contributed by atoms with Gasteiger partial charge in [0.1, 0.15) is 5.01 Å². The fourth-order valence-corrected chi connectivity index (χ4v) is 5.78. The van der Waals surface area contributed by atoms with E-state index in [0.717, 1.165) is 21.4 Å². The summed E-state index contributed by atoms with van der Waals surface area (Å²) in [5.74, 6) is 1.62. The van der Waals surface area contributed by atoms with Gasteiger partial charge in [-0.15, -0.1) is 33.3 Å². The van der Waals surface area contributed by atoms with Gasteiger partial charge in [0, 0.05) is 30.5 Å². The van der Waals surface area contributed by atoms with E-state index in [1.165, 1.54) is 28.2 Å². The number of carbonyl (C=O) groups excluding carboxylic acids is 2. The maximum Gasteiger partial charge on any atom is 0.263 e. The van der Waals surface area contributed by atoms with E-state index in [1.807, 2.05) is 40.6 Å². The highest BCUT2D eigenvalue weighted by molar-refractivity contribution is 7.97. The lowest BCUT2D eigenvalue weighted by Gasteiger charge is -2.30. The Hall–Kier alpha value is -2.23. The van der Waals surface area contributed by atoms with Crippen molar-refractivity contribution < 1.29 is 9.59 Å². The molecule has 0 bridgehead atoms. The molecule has 1 aliphatic heterocycles. The predicted octanol–water partition coefficient (Wildman–Crippen LogP) is 4.52. The minimum Gasteiger partial charge on any atom is -0.338 e. The molecule has 2 aromatic heterocycles. The van der Waals surface area contributed by atoms with E-state index in [2.05, 4.69) is 27.6 Å². The van der Waals surface area contributed by atoms with Gasteiger partial charge >= 0.3 is 0 Å². The fraction of sp³-hybridized carbons (Fsp3) is 0.333. The van der Waals surface area contributed by atoms with Crippen LogP contribution in [0.25, 0.3) is 0 Å². The quantitative estimate of drug-likeness (QED) is 0.563. The number of thiophene rings is 1. The molecule has 156 valence electrons. The van der Waals surface area contributed by atoms with Crippen molar-refractivity contribution >= 4 is 51.4 Å². The van der Waals surface area contributed by atoms with E-state index in [-0.39, 0.29) is 17.7 Å². The lowest BCUT2D eigenvalue weighted by Crippen LogP contribution is -2.41. The zero-order valence-electron chi connectivity index (χ0n) is 16.3. The Balaban J connectivity index is 1.21. The zero-order chi connectivity index (χ0) is 20.8. The molecule has 3 heterocycles. The summed E-state index contributed by atoms with van der Waals surface area (Å²) in [7, 11) is 0. The summed E-state index contributed by atoms with van der Waals surface area (Å²) >= 11 is 4.66. The smallest absolute Gasteiger partial charge is 0.263 e. The third-order valence-corrected chi connectivity index (χ3v) is 7.81. The molecule has 1 N–H and O–H groups in total. The molecule has 1 fully saturated rings. The first-order valence-electron chi connectivity index (χ1n) is 9.77. The van der Waals surface area contributed by atoms with Crippen LogP contribution in [0.5, 0.6) is 0 Å². The highest BCUT2D eigenvalue weighted by Crippen LogP contribution is 2.25. The molecule has 30 heavy (non-hydrogen) atoms. The number of aromatic nitrogens is 2. The molecule has 3 aromatic rings. The molecular weight excluding hydrogens is 436 g/mol. The Bertz CT molecular complexity index is 967. The number of anilines is 1.